The third kappa shape index (κ3) is 9.74. The Morgan fingerprint density at radius 2 is 1.62 bits per heavy atom. The minimum Gasteiger partial charge on any atom is -0.459 e. The molecule has 0 radical (unpaired) electrons. The Kier molecular flexibility index (Phi) is 11.7. The minimum absolute atomic E-state index is 0.0457. The van der Waals surface area contributed by atoms with Crippen LogP contribution in [0.5, 0.6) is 0 Å². The second-order valence-corrected chi connectivity index (χ2v) is 7.46. The molecule has 0 amide bonds. The maximum atomic E-state index is 11.9. The summed E-state index contributed by atoms with van der Waals surface area (Å²) in [6, 6.07) is 6.16. The number of unbranched alkanes of at least 4 members (excludes halogenated alkanes) is 5. The lowest BCUT2D eigenvalue weighted by atomic mass is 9.91. The number of aryl methyl sites for hydroxylation is 1. The Labute approximate surface area is 160 Å². The van der Waals surface area contributed by atoms with Crippen LogP contribution in [0, 0.1) is 5.92 Å². The SMILES string of the molecule is C=C(C)C(=O)OC(C)C(CCCCCCCC)CCC[n+]1ccccc1. The number of rotatable bonds is 14. The fourth-order valence-electron chi connectivity index (χ4n) is 3.29. The van der Waals surface area contributed by atoms with Gasteiger partial charge in [0.05, 0.1) is 0 Å². The smallest absolute Gasteiger partial charge is 0.333 e. The monoisotopic (exact) mass is 360 g/mol. The molecule has 3 nitrogen and oxygen atoms in total. The Hall–Kier alpha value is -1.64. The van der Waals surface area contributed by atoms with Crippen molar-refractivity contribution in [2.24, 2.45) is 5.92 Å². The molecule has 0 aliphatic rings. The number of hydrogen-bond acceptors (Lipinski definition) is 2. The molecule has 0 saturated heterocycles. The zero-order chi connectivity index (χ0) is 19.2. The van der Waals surface area contributed by atoms with Gasteiger partial charge in [0, 0.05) is 24.1 Å². The highest BCUT2D eigenvalue weighted by Crippen LogP contribution is 2.23. The first-order valence-electron chi connectivity index (χ1n) is 10.3. The van der Waals surface area contributed by atoms with Crippen molar-refractivity contribution in [3.8, 4) is 0 Å². The molecule has 1 aromatic rings. The second-order valence-electron chi connectivity index (χ2n) is 7.46. The number of nitrogens with zero attached hydrogens (tertiary/aromatic N) is 1. The summed E-state index contributed by atoms with van der Waals surface area (Å²) in [6.07, 6.45) is 15.3. The summed E-state index contributed by atoms with van der Waals surface area (Å²) in [7, 11) is 0. The van der Waals surface area contributed by atoms with Gasteiger partial charge in [0.25, 0.3) is 0 Å². The summed E-state index contributed by atoms with van der Waals surface area (Å²) in [4.78, 5) is 11.9. The molecule has 26 heavy (non-hydrogen) atoms. The number of hydrogen-bond donors (Lipinski definition) is 0. The van der Waals surface area contributed by atoms with Crippen molar-refractivity contribution in [1.29, 1.82) is 0 Å². The van der Waals surface area contributed by atoms with Crippen molar-refractivity contribution in [2.75, 3.05) is 0 Å². The minimum atomic E-state index is -0.261. The molecule has 0 spiro atoms. The molecule has 1 heterocycles. The molecule has 0 bridgehead atoms. The first-order chi connectivity index (χ1) is 12.5. The molecule has 1 rings (SSSR count). The Morgan fingerprint density at radius 3 is 2.27 bits per heavy atom. The van der Waals surface area contributed by atoms with Crippen molar-refractivity contribution < 1.29 is 14.1 Å². The highest BCUT2D eigenvalue weighted by atomic mass is 16.5. The van der Waals surface area contributed by atoms with E-state index in [9.17, 15) is 4.79 Å². The predicted octanol–water partition coefficient (Wildman–Crippen LogP) is 5.63. The molecule has 2 atom stereocenters. The van der Waals surface area contributed by atoms with Crippen molar-refractivity contribution in [3.63, 3.8) is 0 Å². The Bertz CT molecular complexity index is 512. The van der Waals surface area contributed by atoms with Gasteiger partial charge in [-0.25, -0.2) is 9.36 Å². The Morgan fingerprint density at radius 1 is 1.00 bits per heavy atom. The topological polar surface area (TPSA) is 30.2 Å². The van der Waals surface area contributed by atoms with Gasteiger partial charge in [-0.15, -0.1) is 0 Å². The quantitative estimate of drug-likeness (QED) is 0.186. The lowest BCUT2D eigenvalue weighted by molar-refractivity contribution is -0.697. The molecule has 146 valence electrons. The van der Waals surface area contributed by atoms with E-state index in [-0.39, 0.29) is 12.1 Å². The van der Waals surface area contributed by atoms with Crippen molar-refractivity contribution >= 4 is 5.97 Å². The molecular formula is C23H38NO2+. The van der Waals surface area contributed by atoms with E-state index in [0.29, 0.717) is 11.5 Å². The van der Waals surface area contributed by atoms with E-state index in [4.69, 9.17) is 4.74 Å². The van der Waals surface area contributed by atoms with Gasteiger partial charge < -0.3 is 4.74 Å². The lowest BCUT2D eigenvalue weighted by Gasteiger charge is -2.24. The van der Waals surface area contributed by atoms with Crippen LogP contribution < -0.4 is 4.57 Å². The van der Waals surface area contributed by atoms with Crippen LogP contribution in [0.4, 0.5) is 0 Å². The number of ether oxygens (including phenoxy) is 1. The van der Waals surface area contributed by atoms with Crippen LogP contribution in [0.3, 0.4) is 0 Å². The average molecular weight is 361 g/mol. The molecule has 0 saturated carbocycles. The number of carbonyl (C=O) groups is 1. The first kappa shape index (κ1) is 22.4. The van der Waals surface area contributed by atoms with Crippen LogP contribution in [-0.4, -0.2) is 12.1 Å². The van der Waals surface area contributed by atoms with Crippen molar-refractivity contribution in [1.82, 2.24) is 0 Å². The molecule has 2 unspecified atom stereocenters. The van der Waals surface area contributed by atoms with Gasteiger partial charge >= 0.3 is 5.97 Å². The standard InChI is InChI=1S/C23H38NO2/c1-5-6-7-8-9-11-15-22(21(4)26-23(25)20(2)3)16-14-19-24-17-12-10-13-18-24/h10,12-13,17-18,21-22H,2,5-9,11,14-16,19H2,1,3-4H3/q+1. The summed E-state index contributed by atoms with van der Waals surface area (Å²) in [6.45, 7) is 10.7. The molecule has 0 fully saturated rings. The van der Waals surface area contributed by atoms with Gasteiger partial charge in [-0.3, -0.25) is 0 Å². The van der Waals surface area contributed by atoms with Crippen molar-refractivity contribution in [3.05, 3.63) is 42.7 Å². The average Bonchev–Trinajstić information content (AvgIpc) is 2.63. The number of carbonyl (C=O) groups excluding carboxylic acids is 1. The molecule has 0 N–H and O–H groups in total. The summed E-state index contributed by atoms with van der Waals surface area (Å²) < 4.78 is 7.84. The van der Waals surface area contributed by atoms with Gasteiger partial charge in [-0.1, -0.05) is 58.1 Å². The van der Waals surface area contributed by atoms with Gasteiger partial charge in [-0.2, -0.15) is 0 Å². The third-order valence-corrected chi connectivity index (χ3v) is 5.00. The van der Waals surface area contributed by atoms with Crippen LogP contribution in [0.2, 0.25) is 0 Å². The lowest BCUT2D eigenvalue weighted by Crippen LogP contribution is -2.33. The van der Waals surface area contributed by atoms with E-state index in [1.807, 2.05) is 13.0 Å². The zero-order valence-electron chi connectivity index (χ0n) is 17.1. The molecule has 3 heteroatoms. The van der Waals surface area contributed by atoms with Gasteiger partial charge in [-0.05, 0) is 32.6 Å². The van der Waals surface area contributed by atoms with E-state index in [0.717, 1.165) is 25.8 Å². The second kappa shape index (κ2) is 13.5. The normalized spacial score (nSPS) is 13.2. The van der Waals surface area contributed by atoms with Crippen LogP contribution in [0.25, 0.3) is 0 Å². The molecule has 0 aromatic carbocycles. The maximum absolute atomic E-state index is 11.9. The molecular weight excluding hydrogens is 322 g/mol. The summed E-state index contributed by atoms with van der Waals surface area (Å²) in [5, 5.41) is 0. The number of pyridine rings is 1. The number of esters is 1. The molecule has 1 aromatic heterocycles. The zero-order valence-corrected chi connectivity index (χ0v) is 17.1. The molecule has 0 aliphatic carbocycles. The van der Waals surface area contributed by atoms with Crippen molar-refractivity contribution in [2.45, 2.75) is 91.2 Å². The Balaban J connectivity index is 2.45. The van der Waals surface area contributed by atoms with Crippen LogP contribution in [0.15, 0.2) is 42.7 Å². The van der Waals surface area contributed by atoms with E-state index >= 15 is 0 Å². The van der Waals surface area contributed by atoms with E-state index in [2.05, 4.69) is 42.6 Å². The van der Waals surface area contributed by atoms with Gasteiger partial charge in [0.15, 0.2) is 12.4 Å². The largest absolute Gasteiger partial charge is 0.459 e. The van der Waals surface area contributed by atoms with Crippen LogP contribution >= 0.6 is 0 Å². The summed E-state index contributed by atoms with van der Waals surface area (Å²) in [5.41, 5.74) is 0.481. The predicted molar refractivity (Wildman–Crippen MR) is 108 cm³/mol. The summed E-state index contributed by atoms with van der Waals surface area (Å²) in [5.74, 6) is 0.164. The van der Waals surface area contributed by atoms with Crippen LogP contribution in [-0.2, 0) is 16.1 Å². The maximum Gasteiger partial charge on any atom is 0.333 e. The van der Waals surface area contributed by atoms with E-state index in [1.165, 1.54) is 38.5 Å². The van der Waals surface area contributed by atoms with E-state index < -0.39 is 0 Å². The highest BCUT2D eigenvalue weighted by molar-refractivity contribution is 5.87. The third-order valence-electron chi connectivity index (χ3n) is 5.00. The van der Waals surface area contributed by atoms with E-state index in [1.54, 1.807) is 6.92 Å². The first-order valence-corrected chi connectivity index (χ1v) is 10.3. The van der Waals surface area contributed by atoms with Gasteiger partial charge in [0.2, 0.25) is 0 Å². The van der Waals surface area contributed by atoms with Crippen LogP contribution in [0.1, 0.15) is 78.6 Å². The number of aromatic nitrogens is 1. The molecule has 0 aliphatic heterocycles. The highest BCUT2D eigenvalue weighted by Gasteiger charge is 2.21. The fraction of sp³-hybridized carbons (Fsp3) is 0.652. The summed E-state index contributed by atoms with van der Waals surface area (Å²) >= 11 is 0. The van der Waals surface area contributed by atoms with Gasteiger partial charge in [0.1, 0.15) is 12.6 Å². The fourth-order valence-corrected chi connectivity index (χ4v) is 3.29.